The van der Waals surface area contributed by atoms with Crippen molar-refractivity contribution in [2.45, 2.75) is 32.7 Å². The molecule has 3 aromatic rings. The first kappa shape index (κ1) is 18.7. The van der Waals surface area contributed by atoms with Crippen molar-refractivity contribution in [2.75, 3.05) is 5.32 Å². The van der Waals surface area contributed by atoms with Gasteiger partial charge in [0, 0.05) is 6.20 Å². The van der Waals surface area contributed by atoms with Crippen LogP contribution in [0.4, 0.5) is 10.5 Å². The Kier molecular flexibility index (Phi) is 5.33. The number of nitrogens with one attached hydrogen (secondary N) is 1. The Morgan fingerprint density at radius 1 is 1.15 bits per heavy atom. The number of ether oxygens (including phenoxy) is 1. The van der Waals surface area contributed by atoms with E-state index in [0.29, 0.717) is 11.4 Å². The van der Waals surface area contributed by atoms with Gasteiger partial charge in [0.05, 0.1) is 5.52 Å². The zero-order valence-corrected chi connectivity index (χ0v) is 17.0. The van der Waals surface area contributed by atoms with Gasteiger partial charge in [-0.3, -0.25) is 5.32 Å². The van der Waals surface area contributed by atoms with Gasteiger partial charge in [0.2, 0.25) is 0 Å². The Morgan fingerprint density at radius 2 is 1.85 bits per heavy atom. The highest BCUT2D eigenvalue weighted by Crippen LogP contribution is 2.23. The summed E-state index contributed by atoms with van der Waals surface area (Å²) in [4.78, 5) is 12.5. The number of pyridine rings is 1. The summed E-state index contributed by atoms with van der Waals surface area (Å²) in [6.07, 6.45) is 0.948. The summed E-state index contributed by atoms with van der Waals surface area (Å²) in [7, 11) is -1.58. The van der Waals surface area contributed by atoms with Gasteiger partial charge >= 0.3 is 6.09 Å². The van der Waals surface area contributed by atoms with E-state index in [1.165, 1.54) is 0 Å². The van der Waals surface area contributed by atoms with E-state index in [4.69, 9.17) is 4.74 Å². The lowest BCUT2D eigenvalue weighted by Gasteiger charge is -2.14. The van der Waals surface area contributed by atoms with Crippen molar-refractivity contribution in [3.05, 3.63) is 66.0 Å². The number of hydrogen-bond donors (Lipinski definition) is 1. The van der Waals surface area contributed by atoms with Gasteiger partial charge in [0.1, 0.15) is 19.9 Å². The normalized spacial score (nSPS) is 12.1. The summed E-state index contributed by atoms with van der Waals surface area (Å²) in [6.45, 7) is 8.34. The highest BCUT2D eigenvalue weighted by atomic mass is 28.3. The van der Waals surface area contributed by atoms with Gasteiger partial charge in [-0.2, -0.15) is 5.10 Å². The van der Waals surface area contributed by atoms with Gasteiger partial charge < -0.3 is 4.74 Å². The van der Waals surface area contributed by atoms with Gasteiger partial charge in [0.25, 0.3) is 0 Å². The molecule has 27 heavy (non-hydrogen) atoms. The minimum Gasteiger partial charge on any atom is -0.441 e. The van der Waals surface area contributed by atoms with E-state index in [-0.39, 0.29) is 6.10 Å². The van der Waals surface area contributed by atoms with Crippen molar-refractivity contribution in [1.29, 1.82) is 0 Å². The lowest BCUT2D eigenvalue weighted by atomic mass is 10.1. The molecule has 0 saturated heterocycles. The van der Waals surface area contributed by atoms with Crippen LogP contribution >= 0.6 is 0 Å². The van der Waals surface area contributed by atoms with Crippen molar-refractivity contribution in [2.24, 2.45) is 0 Å². The smallest absolute Gasteiger partial charge is 0.412 e. The maximum Gasteiger partial charge on any atom is 0.412 e. The van der Waals surface area contributed by atoms with E-state index in [9.17, 15) is 4.79 Å². The number of hydrogen-bond acceptors (Lipinski definition) is 3. The van der Waals surface area contributed by atoms with Crippen molar-refractivity contribution < 1.29 is 9.53 Å². The molecule has 0 spiro atoms. The molecule has 138 valence electrons. The lowest BCUT2D eigenvalue weighted by Crippen LogP contribution is -2.17. The number of carbonyl (C=O) groups is 1. The molecule has 2 heterocycles. The van der Waals surface area contributed by atoms with Gasteiger partial charge in [0.15, 0.2) is 5.69 Å². The van der Waals surface area contributed by atoms with Crippen LogP contribution in [0.5, 0.6) is 0 Å². The number of aromatic nitrogens is 2. The van der Waals surface area contributed by atoms with Gasteiger partial charge in [-0.1, -0.05) is 56.0 Å². The number of nitrogens with zero attached hydrogens (tertiary/aromatic N) is 2. The largest absolute Gasteiger partial charge is 0.441 e. The molecule has 2 aromatic heterocycles. The summed E-state index contributed by atoms with van der Waals surface area (Å²) in [5, 5.41) is 7.34. The molecule has 0 radical (unpaired) electrons. The van der Waals surface area contributed by atoms with Gasteiger partial charge in [-0.15, -0.1) is 5.54 Å². The van der Waals surface area contributed by atoms with Crippen LogP contribution in [-0.2, 0) is 4.74 Å². The molecule has 0 bridgehead atoms. The maximum absolute atomic E-state index is 12.5. The Hall–Kier alpha value is -3.04. The average molecular weight is 378 g/mol. The van der Waals surface area contributed by atoms with Crippen molar-refractivity contribution in [1.82, 2.24) is 9.61 Å². The van der Waals surface area contributed by atoms with Crippen LogP contribution in [0.2, 0.25) is 19.6 Å². The molecule has 0 unspecified atom stereocenters. The molecule has 0 saturated carbocycles. The van der Waals surface area contributed by atoms with Crippen LogP contribution in [0.1, 0.15) is 24.3 Å². The monoisotopic (exact) mass is 377 g/mol. The van der Waals surface area contributed by atoms with Crippen LogP contribution in [0.3, 0.4) is 0 Å². The van der Waals surface area contributed by atoms with Crippen molar-refractivity contribution in [3.63, 3.8) is 0 Å². The SMILES string of the molecule is C[C@@H](OC(=O)Nc1c(C#C[Si](C)(C)C)nn2ccccc12)c1ccccc1. The van der Waals surface area contributed by atoms with E-state index >= 15 is 0 Å². The van der Waals surface area contributed by atoms with E-state index in [1.54, 1.807) is 4.52 Å². The second-order valence-corrected chi connectivity index (χ2v) is 12.1. The maximum atomic E-state index is 12.5. The fourth-order valence-electron chi connectivity index (χ4n) is 2.54. The molecular weight excluding hydrogens is 354 g/mol. The molecule has 6 heteroatoms. The minimum atomic E-state index is -1.58. The number of benzene rings is 1. The molecule has 0 aliphatic carbocycles. The van der Waals surface area contributed by atoms with E-state index in [2.05, 4.69) is 41.5 Å². The number of amides is 1. The lowest BCUT2D eigenvalue weighted by molar-refractivity contribution is 0.121. The van der Waals surface area contributed by atoms with Crippen LogP contribution in [0, 0.1) is 11.5 Å². The molecule has 1 aromatic carbocycles. The molecule has 1 amide bonds. The van der Waals surface area contributed by atoms with Crippen LogP contribution in [-0.4, -0.2) is 23.8 Å². The van der Waals surface area contributed by atoms with E-state index < -0.39 is 14.2 Å². The zero-order chi connectivity index (χ0) is 19.4. The number of rotatable bonds is 3. The number of fused-ring (bicyclic) bond motifs is 1. The van der Waals surface area contributed by atoms with Crippen LogP contribution < -0.4 is 5.32 Å². The molecule has 3 rings (SSSR count). The summed E-state index contributed by atoms with van der Waals surface area (Å²) >= 11 is 0. The first-order chi connectivity index (χ1) is 12.8. The molecule has 1 N–H and O–H groups in total. The third kappa shape index (κ3) is 4.77. The number of carbonyl (C=O) groups excluding carboxylic acids is 1. The van der Waals surface area contributed by atoms with E-state index in [0.717, 1.165) is 11.1 Å². The van der Waals surface area contributed by atoms with Crippen molar-refractivity contribution >= 4 is 25.4 Å². The number of anilines is 1. The predicted molar refractivity (Wildman–Crippen MR) is 110 cm³/mol. The predicted octanol–water partition coefficient (Wildman–Crippen LogP) is 4.87. The summed E-state index contributed by atoms with van der Waals surface area (Å²) < 4.78 is 7.25. The average Bonchev–Trinajstić information content (AvgIpc) is 2.98. The fourth-order valence-corrected chi connectivity index (χ4v) is 3.03. The Morgan fingerprint density at radius 3 is 2.56 bits per heavy atom. The fraction of sp³-hybridized carbons (Fsp3) is 0.238. The summed E-state index contributed by atoms with van der Waals surface area (Å²) in [5.41, 5.74) is 6.14. The van der Waals surface area contributed by atoms with E-state index in [1.807, 2.05) is 61.7 Å². The third-order valence-electron chi connectivity index (χ3n) is 3.88. The minimum absolute atomic E-state index is 0.357. The molecule has 0 aliphatic heterocycles. The molecular formula is C21H23N3O2Si. The third-order valence-corrected chi connectivity index (χ3v) is 4.75. The second kappa shape index (κ2) is 7.68. The summed E-state index contributed by atoms with van der Waals surface area (Å²) in [5.74, 6) is 3.14. The van der Waals surface area contributed by atoms with Gasteiger partial charge in [-0.25, -0.2) is 9.31 Å². The highest BCUT2D eigenvalue weighted by Gasteiger charge is 2.18. The van der Waals surface area contributed by atoms with Crippen LogP contribution in [0.25, 0.3) is 5.52 Å². The van der Waals surface area contributed by atoms with Crippen LogP contribution in [0.15, 0.2) is 54.7 Å². The molecule has 0 aliphatic rings. The first-order valence-corrected chi connectivity index (χ1v) is 12.4. The second-order valence-electron chi connectivity index (χ2n) is 7.34. The molecule has 1 atom stereocenters. The van der Waals surface area contributed by atoms with Gasteiger partial charge in [-0.05, 0) is 30.5 Å². The quantitative estimate of drug-likeness (QED) is 0.523. The highest BCUT2D eigenvalue weighted by molar-refractivity contribution is 6.83. The topological polar surface area (TPSA) is 55.6 Å². The first-order valence-electron chi connectivity index (χ1n) is 8.86. The standard InChI is InChI=1S/C21H23N3O2Si/c1-16(17-10-6-5-7-11-17)26-21(25)22-20-18(13-15-27(2,3)4)23-24-14-9-8-12-19(20)24/h5-12,14,16H,1-4H3,(H,22,25)/t16-/m1/s1. The Balaban J connectivity index is 1.86. The zero-order valence-electron chi connectivity index (χ0n) is 16.0. The summed E-state index contributed by atoms with van der Waals surface area (Å²) in [6, 6.07) is 15.3. The Labute approximate surface area is 160 Å². The van der Waals surface area contributed by atoms with Crippen molar-refractivity contribution in [3.8, 4) is 11.5 Å². The molecule has 0 fully saturated rings. The Bertz CT molecular complexity index is 1010. The molecule has 5 nitrogen and oxygen atoms in total.